The second-order valence-corrected chi connectivity index (χ2v) is 4.37. The third-order valence-corrected chi connectivity index (χ3v) is 2.89. The summed E-state index contributed by atoms with van der Waals surface area (Å²) in [6.07, 6.45) is 4.35. The smallest absolute Gasteiger partial charge is 0.273 e. The largest absolute Gasteiger partial charge is 0.342 e. The molecule has 3 N–H and O–H groups in total. The van der Waals surface area contributed by atoms with Gasteiger partial charge in [-0.25, -0.2) is 15.3 Å². The van der Waals surface area contributed by atoms with E-state index in [9.17, 15) is 14.4 Å². The van der Waals surface area contributed by atoms with Gasteiger partial charge in [0.15, 0.2) is 0 Å². The minimum absolute atomic E-state index is 0.0961. The van der Waals surface area contributed by atoms with Crippen molar-refractivity contribution in [2.45, 2.75) is 38.5 Å². The molecule has 1 aromatic heterocycles. The summed E-state index contributed by atoms with van der Waals surface area (Å²) in [6.45, 7) is 0. The zero-order chi connectivity index (χ0) is 13.7. The van der Waals surface area contributed by atoms with Crippen molar-refractivity contribution in [2.24, 2.45) is 5.10 Å². The van der Waals surface area contributed by atoms with Crippen molar-refractivity contribution >= 4 is 11.6 Å². The molecule has 1 aliphatic rings. The summed E-state index contributed by atoms with van der Waals surface area (Å²) in [6, 6.07) is 0. The van der Waals surface area contributed by atoms with E-state index in [-0.39, 0.29) is 24.4 Å². The van der Waals surface area contributed by atoms with Crippen molar-refractivity contribution in [1.82, 2.24) is 20.6 Å². The fraction of sp³-hybridized carbons (Fsp3) is 0.545. The highest BCUT2D eigenvalue weighted by molar-refractivity contribution is 5.87. The Labute approximate surface area is 108 Å². The Morgan fingerprint density at radius 2 is 2.05 bits per heavy atom. The first-order valence-electron chi connectivity index (χ1n) is 6.17. The molecule has 1 aromatic rings. The Morgan fingerprint density at radius 1 is 1.32 bits per heavy atom. The summed E-state index contributed by atoms with van der Waals surface area (Å²) in [5.74, 6) is -0.271. The summed E-state index contributed by atoms with van der Waals surface area (Å²) >= 11 is 0. The van der Waals surface area contributed by atoms with Crippen molar-refractivity contribution in [3.8, 4) is 0 Å². The number of aromatic nitrogens is 3. The van der Waals surface area contributed by atoms with Gasteiger partial charge in [0.05, 0.1) is 0 Å². The van der Waals surface area contributed by atoms with Crippen LogP contribution in [0.15, 0.2) is 14.7 Å². The Bertz CT molecular complexity index is 593. The second-order valence-electron chi connectivity index (χ2n) is 4.37. The molecule has 1 amide bonds. The Hall–Kier alpha value is -2.25. The highest BCUT2D eigenvalue weighted by Gasteiger charge is 2.10. The number of rotatable bonds is 4. The van der Waals surface area contributed by atoms with E-state index < -0.39 is 11.2 Å². The maximum absolute atomic E-state index is 11.5. The van der Waals surface area contributed by atoms with Gasteiger partial charge in [0.1, 0.15) is 5.69 Å². The molecule has 102 valence electrons. The van der Waals surface area contributed by atoms with Gasteiger partial charge in [-0.1, -0.05) is 0 Å². The zero-order valence-corrected chi connectivity index (χ0v) is 10.4. The van der Waals surface area contributed by atoms with Gasteiger partial charge < -0.3 is 0 Å². The van der Waals surface area contributed by atoms with E-state index in [1.807, 2.05) is 0 Å². The van der Waals surface area contributed by atoms with Crippen molar-refractivity contribution in [1.29, 1.82) is 0 Å². The SMILES string of the molecule is O=C(CCc1n[nH]c(=O)[nH]c1=O)NN=C1CCCC1. The summed E-state index contributed by atoms with van der Waals surface area (Å²) in [4.78, 5) is 35.7. The van der Waals surface area contributed by atoms with Crippen molar-refractivity contribution in [3.63, 3.8) is 0 Å². The molecule has 1 aliphatic carbocycles. The first-order valence-corrected chi connectivity index (χ1v) is 6.17. The van der Waals surface area contributed by atoms with Crippen LogP contribution in [0.2, 0.25) is 0 Å². The number of nitrogens with one attached hydrogen (secondary N) is 3. The number of hydrogen-bond donors (Lipinski definition) is 3. The van der Waals surface area contributed by atoms with Crippen LogP contribution in [0, 0.1) is 0 Å². The van der Waals surface area contributed by atoms with E-state index in [4.69, 9.17) is 0 Å². The molecule has 8 nitrogen and oxygen atoms in total. The molecule has 1 saturated carbocycles. The molecule has 0 unspecified atom stereocenters. The van der Waals surface area contributed by atoms with Gasteiger partial charge in [0, 0.05) is 18.6 Å². The van der Waals surface area contributed by atoms with Gasteiger partial charge in [0.25, 0.3) is 5.56 Å². The van der Waals surface area contributed by atoms with Crippen molar-refractivity contribution < 1.29 is 4.79 Å². The van der Waals surface area contributed by atoms with Crippen LogP contribution >= 0.6 is 0 Å². The number of amides is 1. The van der Waals surface area contributed by atoms with Gasteiger partial charge >= 0.3 is 5.69 Å². The van der Waals surface area contributed by atoms with E-state index in [1.165, 1.54) is 0 Å². The fourth-order valence-corrected chi connectivity index (χ4v) is 1.87. The molecular formula is C11H15N5O3. The lowest BCUT2D eigenvalue weighted by atomic mass is 10.2. The molecule has 0 saturated heterocycles. The molecule has 0 atom stereocenters. The maximum Gasteiger partial charge on any atom is 0.342 e. The molecule has 0 spiro atoms. The average Bonchev–Trinajstić information content (AvgIpc) is 2.88. The lowest BCUT2D eigenvalue weighted by Crippen LogP contribution is -2.28. The minimum Gasteiger partial charge on any atom is -0.273 e. The molecule has 19 heavy (non-hydrogen) atoms. The topological polar surface area (TPSA) is 120 Å². The quantitative estimate of drug-likeness (QED) is 0.632. The number of aryl methyl sites for hydroxylation is 1. The first kappa shape index (κ1) is 13.2. The minimum atomic E-state index is -0.661. The number of H-pyrrole nitrogens is 2. The summed E-state index contributed by atoms with van der Waals surface area (Å²) < 4.78 is 0. The van der Waals surface area contributed by atoms with Crippen molar-refractivity contribution in [3.05, 3.63) is 26.5 Å². The van der Waals surface area contributed by atoms with Crippen LogP contribution in [0.3, 0.4) is 0 Å². The molecular weight excluding hydrogens is 250 g/mol. The number of hydrazone groups is 1. The fourth-order valence-electron chi connectivity index (χ4n) is 1.87. The normalized spacial score (nSPS) is 14.4. The van der Waals surface area contributed by atoms with E-state index in [2.05, 4.69) is 25.7 Å². The van der Waals surface area contributed by atoms with E-state index in [0.29, 0.717) is 0 Å². The maximum atomic E-state index is 11.5. The van der Waals surface area contributed by atoms with Gasteiger partial charge in [0.2, 0.25) is 5.91 Å². The zero-order valence-electron chi connectivity index (χ0n) is 10.4. The first-order chi connectivity index (χ1) is 9.15. The molecule has 8 heteroatoms. The van der Waals surface area contributed by atoms with Gasteiger partial charge in [-0.15, -0.1) is 0 Å². The lowest BCUT2D eigenvalue weighted by molar-refractivity contribution is -0.121. The molecule has 1 fully saturated rings. The summed E-state index contributed by atoms with van der Waals surface area (Å²) in [5, 5.41) is 9.74. The molecule has 0 radical (unpaired) electrons. The molecule has 0 bridgehead atoms. The Kier molecular flexibility index (Phi) is 4.22. The van der Waals surface area contributed by atoms with E-state index in [1.54, 1.807) is 0 Å². The number of carbonyl (C=O) groups excluding carboxylic acids is 1. The number of nitrogens with zero attached hydrogens (tertiary/aromatic N) is 2. The van der Waals surface area contributed by atoms with Crippen LogP contribution in [0.25, 0.3) is 0 Å². The number of hydrogen-bond acceptors (Lipinski definition) is 5. The van der Waals surface area contributed by atoms with Crippen LogP contribution in [0.1, 0.15) is 37.8 Å². The number of carbonyl (C=O) groups is 1. The molecule has 2 rings (SSSR count). The highest BCUT2D eigenvalue weighted by atomic mass is 16.2. The van der Waals surface area contributed by atoms with Crippen LogP contribution in [0.4, 0.5) is 0 Å². The third-order valence-electron chi connectivity index (χ3n) is 2.89. The molecule has 0 aromatic carbocycles. The van der Waals surface area contributed by atoms with Crippen LogP contribution in [-0.4, -0.2) is 26.8 Å². The van der Waals surface area contributed by atoms with E-state index in [0.717, 1.165) is 31.4 Å². The Balaban J connectivity index is 1.84. The number of aromatic amines is 2. The van der Waals surface area contributed by atoms with Crippen LogP contribution in [-0.2, 0) is 11.2 Å². The van der Waals surface area contributed by atoms with Gasteiger partial charge in [-0.3, -0.25) is 14.6 Å². The van der Waals surface area contributed by atoms with Crippen molar-refractivity contribution in [2.75, 3.05) is 0 Å². The van der Waals surface area contributed by atoms with Gasteiger partial charge in [-0.2, -0.15) is 10.2 Å². The predicted molar refractivity (Wildman–Crippen MR) is 67.8 cm³/mol. The van der Waals surface area contributed by atoms with Crippen LogP contribution < -0.4 is 16.7 Å². The average molecular weight is 265 g/mol. The van der Waals surface area contributed by atoms with Crippen LogP contribution in [0.5, 0.6) is 0 Å². The summed E-state index contributed by atoms with van der Waals surface area (Å²) in [5.41, 5.74) is 2.37. The van der Waals surface area contributed by atoms with Gasteiger partial charge in [-0.05, 0) is 25.7 Å². The Morgan fingerprint density at radius 3 is 2.74 bits per heavy atom. The summed E-state index contributed by atoms with van der Waals surface area (Å²) in [7, 11) is 0. The standard InChI is InChI=1S/C11H15N5O3/c17-9(15-13-7-3-1-2-4-7)6-5-8-10(18)12-11(19)16-14-8/h1-6H2,(H,15,17)(H2,12,16,18,19). The second kappa shape index (κ2) is 6.07. The highest BCUT2D eigenvalue weighted by Crippen LogP contribution is 2.13. The van der Waals surface area contributed by atoms with E-state index >= 15 is 0 Å². The molecule has 0 aliphatic heterocycles. The predicted octanol–water partition coefficient (Wildman–Crippen LogP) is -0.563. The third kappa shape index (κ3) is 3.87. The monoisotopic (exact) mass is 265 g/mol. The lowest BCUT2D eigenvalue weighted by Gasteiger charge is -2.00. The molecule has 1 heterocycles.